The SMILES string of the molecule is CCN(CC)CCNC(=O)c1ccc(N)cc1.CC[C@H](C)C(=O)O[C@H]1CCC=C2C=C[C@H](C)[C@H](CC[C@@H]3C[C@@H](O)CC(=O)O3)[C@H]21.NC(=O)N1C(=O)C(C(=O)c2cccs2)c2cc(Cl)ccc21. The minimum absolute atomic E-state index is 0.0443. The molecule has 0 bridgehead atoms. The van der Waals surface area contributed by atoms with Crippen molar-refractivity contribution in [3.63, 3.8) is 0 Å². The maximum atomic E-state index is 12.5. The summed E-state index contributed by atoms with van der Waals surface area (Å²) in [6.45, 7) is 13.9. The first-order chi connectivity index (χ1) is 31.6. The van der Waals surface area contributed by atoms with Gasteiger partial charge in [0.25, 0.3) is 11.8 Å². The number of primary amides is 1. The first-order valence-electron chi connectivity index (χ1n) is 22.9. The third-order valence-electron chi connectivity index (χ3n) is 12.7. The van der Waals surface area contributed by atoms with Gasteiger partial charge in [0.15, 0.2) is 5.78 Å². The number of thiophene rings is 1. The molecule has 1 unspecified atom stereocenters. The summed E-state index contributed by atoms with van der Waals surface area (Å²) in [6.07, 6.45) is 10.6. The molecule has 8 atom stereocenters. The van der Waals surface area contributed by atoms with Crippen molar-refractivity contribution in [1.82, 2.24) is 10.2 Å². The zero-order valence-corrected chi connectivity index (χ0v) is 40.0. The van der Waals surface area contributed by atoms with Gasteiger partial charge in [-0.15, -0.1) is 11.3 Å². The van der Waals surface area contributed by atoms with E-state index in [-0.39, 0.29) is 54.1 Å². The van der Waals surface area contributed by atoms with Crippen LogP contribution in [0, 0.1) is 23.7 Å². The molecule has 4 aliphatic rings. The number of carbonyl (C=O) groups excluding carboxylic acids is 6. The Balaban J connectivity index is 0.000000192. The van der Waals surface area contributed by atoms with Crippen LogP contribution in [0.5, 0.6) is 0 Å². The first kappa shape index (κ1) is 51.6. The number of halogens is 1. The lowest BCUT2D eigenvalue weighted by atomic mass is 9.66. The van der Waals surface area contributed by atoms with Crippen LogP contribution in [0.2, 0.25) is 5.02 Å². The zero-order chi connectivity index (χ0) is 48.1. The summed E-state index contributed by atoms with van der Waals surface area (Å²) >= 11 is 7.18. The molecule has 66 heavy (non-hydrogen) atoms. The fourth-order valence-corrected chi connectivity index (χ4v) is 9.66. The maximum absolute atomic E-state index is 12.5. The number of esters is 2. The van der Waals surface area contributed by atoms with Crippen LogP contribution < -0.4 is 21.7 Å². The highest BCUT2D eigenvalue weighted by atomic mass is 35.5. The average molecular weight is 947 g/mol. The number of imide groups is 1. The maximum Gasteiger partial charge on any atom is 0.326 e. The summed E-state index contributed by atoms with van der Waals surface area (Å²) in [6, 6.07) is 14.0. The van der Waals surface area contributed by atoms with Gasteiger partial charge < -0.3 is 36.3 Å². The van der Waals surface area contributed by atoms with Gasteiger partial charge in [-0.2, -0.15) is 0 Å². The van der Waals surface area contributed by atoms with Crippen molar-refractivity contribution in [2.24, 2.45) is 29.4 Å². The molecule has 356 valence electrons. The van der Waals surface area contributed by atoms with E-state index >= 15 is 0 Å². The summed E-state index contributed by atoms with van der Waals surface area (Å²) in [5, 5.41) is 14.9. The Kier molecular flexibility index (Phi) is 19.1. The summed E-state index contributed by atoms with van der Waals surface area (Å²) in [4.78, 5) is 75.8. The van der Waals surface area contributed by atoms with Crippen LogP contribution in [0.25, 0.3) is 0 Å². The molecule has 2 aromatic carbocycles. The molecule has 0 spiro atoms. The van der Waals surface area contributed by atoms with E-state index < -0.39 is 24.0 Å². The molecule has 3 heterocycles. The number of aliphatic hydroxyl groups is 1. The Morgan fingerprint density at radius 1 is 1.06 bits per heavy atom. The number of amides is 4. The molecular weight excluding hydrogens is 882 g/mol. The number of benzene rings is 2. The van der Waals surface area contributed by atoms with E-state index in [1.165, 1.54) is 29.0 Å². The molecule has 6 N–H and O–H groups in total. The number of hydrogen-bond donors (Lipinski definition) is 4. The van der Waals surface area contributed by atoms with Gasteiger partial charge in [0.1, 0.15) is 18.1 Å². The van der Waals surface area contributed by atoms with Crippen LogP contribution in [0.4, 0.5) is 16.2 Å². The van der Waals surface area contributed by atoms with Gasteiger partial charge >= 0.3 is 18.0 Å². The van der Waals surface area contributed by atoms with Crippen molar-refractivity contribution in [1.29, 1.82) is 0 Å². The second-order valence-corrected chi connectivity index (χ2v) is 18.5. The Hall–Kier alpha value is -5.35. The van der Waals surface area contributed by atoms with Gasteiger partial charge in [0.2, 0.25) is 0 Å². The van der Waals surface area contributed by atoms with Crippen LogP contribution in [0.1, 0.15) is 111 Å². The number of urea groups is 1. The minimum atomic E-state index is -1.08. The number of nitrogen functional groups attached to an aromatic ring is 1. The van der Waals surface area contributed by atoms with Gasteiger partial charge in [-0.1, -0.05) is 70.5 Å². The molecular formula is C50H64ClN5O9S. The number of aliphatic hydroxyl groups excluding tert-OH is 1. The predicted molar refractivity (Wildman–Crippen MR) is 257 cm³/mol. The largest absolute Gasteiger partial charge is 0.462 e. The van der Waals surface area contributed by atoms with Gasteiger partial charge in [0.05, 0.1) is 29.0 Å². The Bertz CT molecular complexity index is 2230. The van der Waals surface area contributed by atoms with Gasteiger partial charge in [-0.3, -0.25) is 24.0 Å². The Morgan fingerprint density at radius 3 is 2.42 bits per heavy atom. The molecule has 1 fully saturated rings. The molecule has 0 radical (unpaired) electrons. The number of ketones is 1. The van der Waals surface area contributed by atoms with E-state index in [0.717, 1.165) is 56.6 Å². The van der Waals surface area contributed by atoms with Crippen molar-refractivity contribution in [3.05, 3.63) is 105 Å². The number of Topliss-reactive ketones (excluding diaryl/α,β-unsaturated/α-hetero) is 1. The summed E-state index contributed by atoms with van der Waals surface area (Å²) in [7, 11) is 0. The summed E-state index contributed by atoms with van der Waals surface area (Å²) < 4.78 is 11.4. The fourth-order valence-electron chi connectivity index (χ4n) is 8.79. The lowest BCUT2D eigenvalue weighted by Crippen LogP contribution is -2.40. The van der Waals surface area contributed by atoms with E-state index in [0.29, 0.717) is 57.2 Å². The highest BCUT2D eigenvalue weighted by molar-refractivity contribution is 7.12. The zero-order valence-electron chi connectivity index (χ0n) is 38.5. The molecule has 7 rings (SSSR count). The number of cyclic esters (lactones) is 1. The number of anilines is 2. The van der Waals surface area contributed by atoms with Crippen molar-refractivity contribution in [2.75, 3.05) is 36.8 Å². The predicted octanol–water partition coefficient (Wildman–Crippen LogP) is 8.08. The van der Waals surface area contributed by atoms with Crippen molar-refractivity contribution < 1.29 is 43.3 Å². The van der Waals surface area contributed by atoms with Crippen LogP contribution in [0.15, 0.2) is 83.8 Å². The second-order valence-electron chi connectivity index (χ2n) is 17.2. The molecule has 4 amide bonds. The Morgan fingerprint density at radius 2 is 1.79 bits per heavy atom. The first-order valence-corrected chi connectivity index (χ1v) is 24.1. The van der Waals surface area contributed by atoms with Crippen molar-refractivity contribution in [2.45, 2.75) is 104 Å². The normalized spacial score (nSPS) is 23.4. The standard InChI is InChI=1S/C23H34O5.C14H9ClN2O3S.C13H21N3O/c1-4-14(2)23(26)28-20-7-5-6-16-9-8-15(3)19(22(16)20)11-10-18-12-17(24)13-21(25)27-18;15-7-3-4-9-8(6-7)11(13(19)17(9)14(16)20)12(18)10-2-1-5-21-10;1-3-16(4-2)10-9-15-13(17)11-5-7-12(14)8-6-11/h6,8-9,14-15,17-20,22,24H,4-5,7,10-13H2,1-3H3;1-6,11H,(H2,16,20);5-8H,3-4,9-10,14H2,1-2H3,(H,15,17)/t14-,15-,17+,18+,19-,20-,22-;;/m0../s1. The molecule has 2 aliphatic heterocycles. The van der Waals surface area contributed by atoms with Gasteiger partial charge in [-0.05, 0) is 122 Å². The van der Waals surface area contributed by atoms with Gasteiger partial charge in [0, 0.05) is 41.7 Å². The van der Waals surface area contributed by atoms with Crippen LogP contribution in [-0.4, -0.2) is 90.1 Å². The van der Waals surface area contributed by atoms with E-state index in [1.54, 1.807) is 47.8 Å². The number of rotatable bonds is 14. The number of carbonyl (C=O) groups is 6. The molecule has 3 aromatic rings. The molecule has 1 saturated heterocycles. The lowest BCUT2D eigenvalue weighted by molar-refractivity contribution is -0.162. The smallest absolute Gasteiger partial charge is 0.326 e. The third-order valence-corrected chi connectivity index (χ3v) is 13.8. The number of likely N-dealkylation sites (N-methyl/N-ethyl adjacent to an activating group) is 1. The second kappa shape index (κ2) is 24.4. The third kappa shape index (κ3) is 13.4. The molecule has 0 saturated carbocycles. The number of allylic oxidation sites excluding steroid dienone is 3. The minimum Gasteiger partial charge on any atom is -0.462 e. The van der Waals surface area contributed by atoms with Crippen molar-refractivity contribution in [3.8, 4) is 0 Å². The summed E-state index contributed by atoms with van der Waals surface area (Å²) in [5.41, 5.74) is 14.1. The average Bonchev–Trinajstić information content (AvgIpc) is 3.94. The number of nitrogens with one attached hydrogen (secondary N) is 1. The van der Waals surface area contributed by atoms with Crippen LogP contribution in [0.3, 0.4) is 0 Å². The fraction of sp³-hybridized carbons (Fsp3) is 0.480. The highest BCUT2D eigenvalue weighted by Gasteiger charge is 2.45. The Labute approximate surface area is 396 Å². The number of nitrogens with two attached hydrogens (primary N) is 2. The van der Waals surface area contributed by atoms with Gasteiger partial charge in [-0.25, -0.2) is 9.69 Å². The number of nitrogens with zero attached hydrogens (tertiary/aromatic N) is 2. The number of hydrogen-bond acceptors (Lipinski definition) is 12. The molecule has 2 aliphatic carbocycles. The van der Waals surface area contributed by atoms with Crippen LogP contribution >= 0.6 is 22.9 Å². The number of fused-ring (bicyclic) bond motifs is 2. The topological polar surface area (TPSA) is 212 Å². The molecule has 1 aromatic heterocycles. The van der Waals surface area contributed by atoms with E-state index in [9.17, 15) is 33.9 Å². The van der Waals surface area contributed by atoms with E-state index in [2.05, 4.69) is 49.2 Å². The molecule has 14 nitrogen and oxygen atoms in total. The highest BCUT2D eigenvalue weighted by Crippen LogP contribution is 2.45. The molecule has 16 heteroatoms. The van der Waals surface area contributed by atoms with E-state index in [4.69, 9.17) is 32.5 Å². The van der Waals surface area contributed by atoms with E-state index in [1.807, 2.05) is 13.8 Å². The lowest BCUT2D eigenvalue weighted by Gasteiger charge is -2.42. The number of ether oxygens (including phenoxy) is 2. The van der Waals surface area contributed by atoms with Crippen molar-refractivity contribution >= 4 is 69.9 Å². The van der Waals surface area contributed by atoms with Crippen LogP contribution in [-0.2, 0) is 23.9 Å². The summed E-state index contributed by atoms with van der Waals surface area (Å²) in [5.74, 6) is -1.70. The quantitative estimate of drug-likeness (QED) is 0.0525. The monoisotopic (exact) mass is 945 g/mol.